The van der Waals surface area contributed by atoms with Crippen molar-refractivity contribution in [2.75, 3.05) is 13.2 Å². The first kappa shape index (κ1) is 13.7. The van der Waals surface area contributed by atoms with Crippen LogP contribution in [-0.2, 0) is 14.3 Å². The van der Waals surface area contributed by atoms with Crippen molar-refractivity contribution in [2.45, 2.75) is 26.9 Å². The van der Waals surface area contributed by atoms with Gasteiger partial charge in [0.05, 0.1) is 13.2 Å². The van der Waals surface area contributed by atoms with Crippen molar-refractivity contribution >= 4 is 5.97 Å². The van der Waals surface area contributed by atoms with Crippen molar-refractivity contribution < 1.29 is 14.3 Å². The molecule has 1 rings (SSSR count). The van der Waals surface area contributed by atoms with Crippen LogP contribution < -0.4 is 0 Å². The fourth-order valence-corrected chi connectivity index (χ4v) is 1.43. The number of rotatable bonds is 6. The number of benzene rings is 1. The van der Waals surface area contributed by atoms with E-state index in [0.717, 1.165) is 5.56 Å². The Kier molecular flexibility index (Phi) is 5.70. The maximum absolute atomic E-state index is 11.8. The molecule has 0 heterocycles. The Morgan fingerprint density at radius 2 is 1.88 bits per heavy atom. The quantitative estimate of drug-likeness (QED) is 0.712. The molecule has 0 amide bonds. The van der Waals surface area contributed by atoms with Crippen molar-refractivity contribution in [1.29, 1.82) is 0 Å². The summed E-state index contributed by atoms with van der Waals surface area (Å²) < 4.78 is 10.7. The average molecular weight is 236 g/mol. The minimum atomic E-state index is -0.612. The lowest BCUT2D eigenvalue weighted by Gasteiger charge is -2.18. The van der Waals surface area contributed by atoms with E-state index in [9.17, 15) is 4.79 Å². The van der Waals surface area contributed by atoms with Crippen LogP contribution in [0.25, 0.3) is 0 Å². The van der Waals surface area contributed by atoms with E-state index in [1.54, 1.807) is 6.92 Å². The number of hydrogen-bond acceptors (Lipinski definition) is 3. The number of hydrogen-bond donors (Lipinski definition) is 0. The van der Waals surface area contributed by atoms with Crippen LogP contribution >= 0.6 is 0 Å². The van der Waals surface area contributed by atoms with Crippen LogP contribution in [0.5, 0.6) is 0 Å². The summed E-state index contributed by atoms with van der Waals surface area (Å²) in [5, 5.41) is 0. The smallest absolute Gasteiger partial charge is 0.339 e. The molecule has 94 valence electrons. The molecule has 0 fully saturated rings. The van der Waals surface area contributed by atoms with Gasteiger partial charge in [0.2, 0.25) is 0 Å². The van der Waals surface area contributed by atoms with Crippen molar-refractivity contribution in [1.82, 2.24) is 0 Å². The molecule has 0 aromatic heterocycles. The summed E-state index contributed by atoms with van der Waals surface area (Å²) in [6.07, 6.45) is -0.612. The van der Waals surface area contributed by atoms with Gasteiger partial charge in [-0.2, -0.15) is 0 Å². The zero-order valence-electron chi connectivity index (χ0n) is 10.7. The molecule has 0 aliphatic carbocycles. The second-order valence-electron chi connectivity index (χ2n) is 4.27. The Morgan fingerprint density at radius 3 is 2.41 bits per heavy atom. The molecule has 0 bridgehead atoms. The van der Waals surface area contributed by atoms with Gasteiger partial charge in [-0.3, -0.25) is 0 Å². The molecule has 1 aromatic carbocycles. The first-order valence-corrected chi connectivity index (χ1v) is 5.98. The molecule has 0 N–H and O–H groups in total. The molecular formula is C14H20O3. The number of ether oxygens (including phenoxy) is 2. The van der Waals surface area contributed by atoms with Gasteiger partial charge in [0, 0.05) is 0 Å². The summed E-state index contributed by atoms with van der Waals surface area (Å²) in [7, 11) is 0. The molecule has 3 heteroatoms. The van der Waals surface area contributed by atoms with E-state index in [2.05, 4.69) is 0 Å². The third-order valence-corrected chi connectivity index (χ3v) is 2.20. The van der Waals surface area contributed by atoms with E-state index in [0.29, 0.717) is 19.1 Å². The molecule has 0 saturated heterocycles. The zero-order valence-corrected chi connectivity index (χ0v) is 10.7. The fraction of sp³-hybridized carbons (Fsp3) is 0.500. The lowest BCUT2D eigenvalue weighted by atomic mass is 10.1. The molecule has 0 saturated carbocycles. The van der Waals surface area contributed by atoms with Gasteiger partial charge >= 0.3 is 5.97 Å². The highest BCUT2D eigenvalue weighted by molar-refractivity contribution is 5.76. The third kappa shape index (κ3) is 4.57. The lowest BCUT2D eigenvalue weighted by Crippen LogP contribution is -2.20. The second kappa shape index (κ2) is 7.07. The zero-order chi connectivity index (χ0) is 12.7. The van der Waals surface area contributed by atoms with Crippen LogP contribution in [0.2, 0.25) is 0 Å². The Bertz CT molecular complexity index is 333. The van der Waals surface area contributed by atoms with E-state index >= 15 is 0 Å². The minimum absolute atomic E-state index is 0.320. The lowest BCUT2D eigenvalue weighted by molar-refractivity contribution is -0.158. The molecule has 17 heavy (non-hydrogen) atoms. The Hall–Kier alpha value is -1.35. The summed E-state index contributed by atoms with van der Waals surface area (Å²) in [6, 6.07) is 9.44. The van der Waals surface area contributed by atoms with Crippen LogP contribution in [0, 0.1) is 5.92 Å². The second-order valence-corrected chi connectivity index (χ2v) is 4.27. The molecule has 1 atom stereocenters. The number of esters is 1. The first-order valence-electron chi connectivity index (χ1n) is 5.98. The highest BCUT2D eigenvalue weighted by Crippen LogP contribution is 2.19. The normalized spacial score (nSPS) is 12.5. The maximum atomic E-state index is 11.8. The van der Waals surface area contributed by atoms with Gasteiger partial charge in [-0.1, -0.05) is 44.2 Å². The SMILES string of the molecule is CCOC(=O)C(OCC(C)C)c1ccccc1. The summed E-state index contributed by atoms with van der Waals surface area (Å²) in [5.74, 6) is 0.0648. The van der Waals surface area contributed by atoms with Gasteiger partial charge in [-0.25, -0.2) is 4.79 Å². The van der Waals surface area contributed by atoms with Crippen molar-refractivity contribution in [3.8, 4) is 0 Å². The molecule has 0 spiro atoms. The van der Waals surface area contributed by atoms with Crippen molar-refractivity contribution in [3.63, 3.8) is 0 Å². The van der Waals surface area contributed by atoms with E-state index in [4.69, 9.17) is 9.47 Å². The predicted molar refractivity (Wildman–Crippen MR) is 66.6 cm³/mol. The van der Waals surface area contributed by atoms with E-state index < -0.39 is 6.10 Å². The largest absolute Gasteiger partial charge is 0.464 e. The molecule has 0 radical (unpaired) electrons. The molecular weight excluding hydrogens is 216 g/mol. The third-order valence-electron chi connectivity index (χ3n) is 2.20. The molecule has 1 unspecified atom stereocenters. The minimum Gasteiger partial charge on any atom is -0.464 e. The van der Waals surface area contributed by atoms with Crippen molar-refractivity contribution in [2.24, 2.45) is 5.92 Å². The standard InChI is InChI=1S/C14H20O3/c1-4-16-14(15)13(17-10-11(2)3)12-8-6-5-7-9-12/h5-9,11,13H,4,10H2,1-3H3. The van der Waals surface area contributed by atoms with Crippen LogP contribution in [0.3, 0.4) is 0 Å². The summed E-state index contributed by atoms with van der Waals surface area (Å²) in [6.45, 7) is 6.80. The molecule has 0 aliphatic rings. The van der Waals surface area contributed by atoms with Gasteiger partial charge in [0.25, 0.3) is 0 Å². The van der Waals surface area contributed by atoms with Gasteiger partial charge in [0.15, 0.2) is 6.10 Å². The van der Waals surface area contributed by atoms with Crippen LogP contribution in [0.1, 0.15) is 32.4 Å². The fourth-order valence-electron chi connectivity index (χ4n) is 1.43. The summed E-state index contributed by atoms with van der Waals surface area (Å²) in [4.78, 5) is 11.8. The highest BCUT2D eigenvalue weighted by atomic mass is 16.6. The van der Waals surface area contributed by atoms with Gasteiger partial charge < -0.3 is 9.47 Å². The van der Waals surface area contributed by atoms with Crippen LogP contribution in [0.4, 0.5) is 0 Å². The Balaban J connectivity index is 2.75. The van der Waals surface area contributed by atoms with Crippen LogP contribution in [0.15, 0.2) is 30.3 Å². The van der Waals surface area contributed by atoms with E-state index in [-0.39, 0.29) is 5.97 Å². The molecule has 1 aromatic rings. The van der Waals surface area contributed by atoms with Gasteiger partial charge in [-0.15, -0.1) is 0 Å². The maximum Gasteiger partial charge on any atom is 0.339 e. The summed E-state index contributed by atoms with van der Waals surface area (Å²) in [5.41, 5.74) is 0.839. The van der Waals surface area contributed by atoms with E-state index in [1.165, 1.54) is 0 Å². The number of carbonyl (C=O) groups excluding carboxylic acids is 1. The van der Waals surface area contributed by atoms with Gasteiger partial charge in [0.1, 0.15) is 0 Å². The molecule has 0 aliphatic heterocycles. The van der Waals surface area contributed by atoms with Crippen LogP contribution in [-0.4, -0.2) is 19.2 Å². The average Bonchev–Trinajstić information content (AvgIpc) is 2.30. The van der Waals surface area contributed by atoms with Gasteiger partial charge in [-0.05, 0) is 18.4 Å². The summed E-state index contributed by atoms with van der Waals surface area (Å²) >= 11 is 0. The van der Waals surface area contributed by atoms with E-state index in [1.807, 2.05) is 44.2 Å². The predicted octanol–water partition coefficient (Wildman–Crippen LogP) is 2.96. The first-order chi connectivity index (χ1) is 8.15. The molecule has 3 nitrogen and oxygen atoms in total. The Morgan fingerprint density at radius 1 is 1.24 bits per heavy atom. The highest BCUT2D eigenvalue weighted by Gasteiger charge is 2.22. The monoisotopic (exact) mass is 236 g/mol. The van der Waals surface area contributed by atoms with Crippen molar-refractivity contribution in [3.05, 3.63) is 35.9 Å². The topological polar surface area (TPSA) is 35.5 Å². The Labute approximate surface area is 103 Å². The number of carbonyl (C=O) groups is 1.